The number of thiazole rings is 1. The van der Waals surface area contributed by atoms with Gasteiger partial charge in [-0.3, -0.25) is 4.79 Å². The molecule has 0 saturated heterocycles. The van der Waals surface area contributed by atoms with Crippen LogP contribution < -0.4 is 4.72 Å². The number of rotatable bonds is 4. The zero-order chi connectivity index (χ0) is 16.3. The number of nitrogens with zero attached hydrogens (tertiary/aromatic N) is 2. The summed E-state index contributed by atoms with van der Waals surface area (Å²) in [5, 5.41) is 9.56. The van der Waals surface area contributed by atoms with Gasteiger partial charge in [-0.25, -0.2) is 18.1 Å². The molecule has 0 spiro atoms. The zero-order valence-electron chi connectivity index (χ0n) is 11.7. The van der Waals surface area contributed by atoms with Crippen LogP contribution in [-0.4, -0.2) is 19.3 Å². The predicted octanol–water partition coefficient (Wildman–Crippen LogP) is 1.77. The molecule has 1 amide bonds. The maximum Gasteiger partial charge on any atom is 0.275 e. The Kier molecular flexibility index (Phi) is 4.44. The van der Waals surface area contributed by atoms with E-state index in [1.54, 1.807) is 19.1 Å². The van der Waals surface area contributed by atoms with Gasteiger partial charge in [-0.15, -0.1) is 11.3 Å². The van der Waals surface area contributed by atoms with Crippen LogP contribution in [0.4, 0.5) is 0 Å². The monoisotopic (exact) mass is 337 g/mol. The van der Waals surface area contributed by atoms with E-state index < -0.39 is 15.9 Å². The second-order valence-corrected chi connectivity index (χ2v) is 7.31. The average Bonchev–Trinajstić information content (AvgIpc) is 3.05. The Morgan fingerprint density at radius 2 is 2.23 bits per heavy atom. The third kappa shape index (κ3) is 3.41. The number of hydrogen-bond donors (Lipinski definition) is 1. The number of aryl methyl sites for hydroxylation is 2. The van der Waals surface area contributed by atoms with Gasteiger partial charge in [0.1, 0.15) is 17.4 Å². The van der Waals surface area contributed by atoms with Gasteiger partial charge in [0.25, 0.3) is 15.9 Å². The lowest BCUT2D eigenvalue weighted by Crippen LogP contribution is -2.31. The summed E-state index contributed by atoms with van der Waals surface area (Å²) in [4.78, 5) is 16.0. The first-order chi connectivity index (χ1) is 10.3. The molecule has 0 aromatic carbocycles. The third-order valence-corrected chi connectivity index (χ3v) is 5.54. The molecule has 0 fully saturated rings. The summed E-state index contributed by atoms with van der Waals surface area (Å²) in [5.41, 5.74) is -0.0752. The first-order valence-electron chi connectivity index (χ1n) is 6.00. The van der Waals surface area contributed by atoms with E-state index in [-0.39, 0.29) is 15.5 Å². The summed E-state index contributed by atoms with van der Waals surface area (Å²) in [6.07, 6.45) is 2.54. The predicted molar refractivity (Wildman–Crippen MR) is 79.2 cm³/mol. The molecular formula is C13H11N3O4S2. The minimum atomic E-state index is -4.07. The van der Waals surface area contributed by atoms with E-state index in [4.69, 9.17) is 9.68 Å². The van der Waals surface area contributed by atoms with Crippen molar-refractivity contribution in [3.63, 3.8) is 0 Å². The fraction of sp³-hybridized carbons (Fsp3) is 0.154. The quantitative estimate of drug-likeness (QED) is 0.672. The van der Waals surface area contributed by atoms with Gasteiger partial charge in [0.15, 0.2) is 4.21 Å². The second kappa shape index (κ2) is 6.13. The van der Waals surface area contributed by atoms with Crippen molar-refractivity contribution in [1.82, 2.24) is 9.71 Å². The minimum absolute atomic E-state index is 0.0476. The zero-order valence-corrected chi connectivity index (χ0v) is 13.3. The van der Waals surface area contributed by atoms with Crippen molar-refractivity contribution in [2.75, 3.05) is 0 Å². The number of furan rings is 1. The normalized spacial score (nSPS) is 12.0. The average molecular weight is 337 g/mol. The van der Waals surface area contributed by atoms with Crippen LogP contribution in [0.25, 0.3) is 6.08 Å². The Hall–Kier alpha value is -2.44. The number of sulfonamides is 1. The molecule has 0 aliphatic rings. The molecule has 2 heterocycles. The highest BCUT2D eigenvalue weighted by molar-refractivity contribution is 7.92. The number of hydrogen-bond acceptors (Lipinski definition) is 7. The van der Waals surface area contributed by atoms with Gasteiger partial charge >= 0.3 is 0 Å². The molecular weight excluding hydrogens is 326 g/mol. The molecule has 0 radical (unpaired) electrons. The summed E-state index contributed by atoms with van der Waals surface area (Å²) in [5.74, 6) is -0.752. The maximum absolute atomic E-state index is 12.2. The maximum atomic E-state index is 12.2. The van der Waals surface area contributed by atoms with E-state index >= 15 is 0 Å². The van der Waals surface area contributed by atoms with E-state index in [2.05, 4.69) is 4.98 Å². The van der Waals surface area contributed by atoms with Crippen LogP contribution in [0.15, 0.2) is 32.6 Å². The van der Waals surface area contributed by atoms with E-state index in [1.807, 2.05) is 4.72 Å². The summed E-state index contributed by atoms with van der Waals surface area (Å²) < 4.78 is 31.2. The van der Waals surface area contributed by atoms with Gasteiger partial charge in [0.2, 0.25) is 0 Å². The lowest BCUT2D eigenvalue weighted by Gasteiger charge is -2.04. The molecule has 1 N–H and O–H groups in total. The number of amides is 1. The SMILES string of the molecule is Cc1nc(C)c(S(=O)(=O)NC(=O)/C(C#N)=C\c2ccco2)s1. The van der Waals surface area contributed by atoms with Gasteiger partial charge in [0.05, 0.1) is 17.0 Å². The summed E-state index contributed by atoms with van der Waals surface area (Å²) in [7, 11) is -4.07. The Morgan fingerprint density at radius 3 is 2.73 bits per heavy atom. The van der Waals surface area contributed by atoms with Crippen molar-refractivity contribution in [2.45, 2.75) is 18.1 Å². The number of carbonyl (C=O) groups is 1. The van der Waals surface area contributed by atoms with Gasteiger partial charge in [-0.1, -0.05) is 0 Å². The van der Waals surface area contributed by atoms with Crippen LogP contribution in [0.1, 0.15) is 16.5 Å². The molecule has 0 unspecified atom stereocenters. The Labute approximate surface area is 131 Å². The topological polar surface area (TPSA) is 113 Å². The largest absolute Gasteiger partial charge is 0.465 e. The van der Waals surface area contributed by atoms with E-state index in [0.29, 0.717) is 10.7 Å². The minimum Gasteiger partial charge on any atom is -0.465 e. The molecule has 22 heavy (non-hydrogen) atoms. The Bertz CT molecular complexity index is 871. The van der Waals surface area contributed by atoms with Gasteiger partial charge in [-0.2, -0.15) is 5.26 Å². The van der Waals surface area contributed by atoms with Gasteiger partial charge < -0.3 is 4.42 Å². The van der Waals surface area contributed by atoms with Crippen LogP contribution in [0.3, 0.4) is 0 Å². The lowest BCUT2D eigenvalue weighted by molar-refractivity contribution is -0.115. The molecule has 2 rings (SSSR count). The van der Waals surface area contributed by atoms with E-state index in [9.17, 15) is 13.2 Å². The van der Waals surface area contributed by atoms with Crippen LogP contribution >= 0.6 is 11.3 Å². The summed E-state index contributed by atoms with van der Waals surface area (Å²) in [6.45, 7) is 3.20. The Morgan fingerprint density at radius 1 is 1.50 bits per heavy atom. The van der Waals surface area contributed by atoms with Crippen LogP contribution in [-0.2, 0) is 14.8 Å². The Balaban J connectivity index is 2.27. The molecule has 0 bridgehead atoms. The van der Waals surface area contributed by atoms with Crippen LogP contribution in [0.2, 0.25) is 0 Å². The van der Waals surface area contributed by atoms with Crippen molar-refractivity contribution in [3.8, 4) is 6.07 Å². The number of nitrogens with one attached hydrogen (secondary N) is 1. The van der Waals surface area contributed by atoms with Gasteiger partial charge in [0, 0.05) is 6.08 Å². The smallest absolute Gasteiger partial charge is 0.275 e. The highest BCUT2D eigenvalue weighted by Crippen LogP contribution is 2.22. The first kappa shape index (κ1) is 15.9. The third-order valence-electron chi connectivity index (χ3n) is 2.53. The summed E-state index contributed by atoms with van der Waals surface area (Å²) >= 11 is 0.953. The molecule has 0 atom stereocenters. The molecule has 114 valence electrons. The van der Waals surface area contributed by atoms with Crippen LogP contribution in [0, 0.1) is 25.2 Å². The molecule has 7 nitrogen and oxygen atoms in total. The molecule has 0 aliphatic carbocycles. The van der Waals surface area contributed by atoms with Gasteiger partial charge in [-0.05, 0) is 26.0 Å². The van der Waals surface area contributed by atoms with Crippen LogP contribution in [0.5, 0.6) is 0 Å². The molecule has 2 aromatic rings. The second-order valence-electron chi connectivity index (χ2n) is 4.23. The number of carbonyl (C=O) groups excluding carboxylic acids is 1. The molecule has 2 aromatic heterocycles. The van der Waals surface area contributed by atoms with E-state index in [1.165, 1.54) is 19.3 Å². The number of nitriles is 1. The van der Waals surface area contributed by atoms with Crippen molar-refractivity contribution < 1.29 is 17.6 Å². The molecule has 9 heteroatoms. The first-order valence-corrected chi connectivity index (χ1v) is 8.30. The van der Waals surface area contributed by atoms with Crippen molar-refractivity contribution in [3.05, 3.63) is 40.4 Å². The lowest BCUT2D eigenvalue weighted by atomic mass is 10.2. The fourth-order valence-corrected chi connectivity index (χ4v) is 4.10. The summed E-state index contributed by atoms with van der Waals surface area (Å²) in [6, 6.07) is 4.77. The highest BCUT2D eigenvalue weighted by Gasteiger charge is 2.25. The standard InChI is InChI=1S/C13H11N3O4S2/c1-8-13(21-9(2)15-8)22(18,19)16-12(17)10(7-14)6-11-4-3-5-20-11/h3-6H,1-2H3,(H,16,17)/b10-6-. The fourth-order valence-electron chi connectivity index (χ4n) is 1.65. The van der Waals surface area contributed by atoms with Crippen molar-refractivity contribution >= 4 is 33.3 Å². The van der Waals surface area contributed by atoms with Crippen molar-refractivity contribution in [2.24, 2.45) is 0 Å². The number of aromatic nitrogens is 1. The van der Waals surface area contributed by atoms with E-state index in [0.717, 1.165) is 17.4 Å². The molecule has 0 aliphatic heterocycles. The highest BCUT2D eigenvalue weighted by atomic mass is 32.2. The molecule has 0 saturated carbocycles. The van der Waals surface area contributed by atoms with Crippen molar-refractivity contribution in [1.29, 1.82) is 5.26 Å².